The van der Waals surface area contributed by atoms with Gasteiger partial charge in [-0.2, -0.15) is 0 Å². The first-order chi connectivity index (χ1) is 17.6. The summed E-state index contributed by atoms with van der Waals surface area (Å²) in [6, 6.07) is 22.1. The predicted octanol–water partition coefficient (Wildman–Crippen LogP) is 5.87. The van der Waals surface area contributed by atoms with Crippen LogP contribution in [0.5, 0.6) is 11.5 Å². The molecular formula is C30H30N2O4. The van der Waals surface area contributed by atoms with Gasteiger partial charge < -0.3 is 23.7 Å². The molecule has 4 aromatic rings. The topological polar surface area (TPSA) is 55.2 Å². The Morgan fingerprint density at radius 3 is 2.31 bits per heavy atom. The standard InChI is InChI=1S/C30H30N2O4/c1-21(17-30(33)32-15-13-31(14-16-32)26-11-7-8-12-27(26)34-2)23-18-24-25(22-9-5-4-6-10-22)20-36-29(24)19-28(23)35-3/h4-12,17-20H,13-16H2,1-3H3/b21-17+. The van der Waals surface area contributed by atoms with Crippen molar-refractivity contribution in [3.05, 3.63) is 84.6 Å². The van der Waals surface area contributed by atoms with Crippen molar-refractivity contribution in [1.82, 2.24) is 4.90 Å². The molecule has 0 saturated carbocycles. The van der Waals surface area contributed by atoms with Crippen LogP contribution >= 0.6 is 0 Å². The van der Waals surface area contributed by atoms with Crippen LogP contribution in [-0.4, -0.2) is 51.2 Å². The summed E-state index contributed by atoms with van der Waals surface area (Å²) in [6.45, 7) is 4.76. The van der Waals surface area contributed by atoms with Gasteiger partial charge in [0.25, 0.3) is 0 Å². The van der Waals surface area contributed by atoms with Crippen LogP contribution in [0.25, 0.3) is 27.7 Å². The van der Waals surface area contributed by atoms with Crippen molar-refractivity contribution < 1.29 is 18.7 Å². The second-order valence-electron chi connectivity index (χ2n) is 8.88. The largest absolute Gasteiger partial charge is 0.496 e. The first-order valence-corrected chi connectivity index (χ1v) is 12.1. The maximum Gasteiger partial charge on any atom is 0.246 e. The number of hydrogen-bond acceptors (Lipinski definition) is 5. The number of allylic oxidation sites excluding steroid dienone is 1. The van der Waals surface area contributed by atoms with Crippen molar-refractivity contribution in [3.63, 3.8) is 0 Å². The number of nitrogens with zero attached hydrogens (tertiary/aromatic N) is 2. The highest BCUT2D eigenvalue weighted by Gasteiger charge is 2.22. The number of methoxy groups -OCH3 is 2. The third kappa shape index (κ3) is 4.54. The lowest BCUT2D eigenvalue weighted by atomic mass is 9.99. The number of carbonyl (C=O) groups excluding carboxylic acids is 1. The molecule has 0 N–H and O–H groups in total. The zero-order valence-electron chi connectivity index (χ0n) is 20.9. The number of fused-ring (bicyclic) bond motifs is 1. The summed E-state index contributed by atoms with van der Waals surface area (Å²) < 4.78 is 17.0. The van der Waals surface area contributed by atoms with Gasteiger partial charge in [-0.1, -0.05) is 42.5 Å². The van der Waals surface area contributed by atoms with E-state index in [9.17, 15) is 4.79 Å². The Hall–Kier alpha value is -4.19. The number of rotatable bonds is 6. The first-order valence-electron chi connectivity index (χ1n) is 12.1. The molecule has 1 fully saturated rings. The third-order valence-corrected chi connectivity index (χ3v) is 6.76. The fraction of sp³-hybridized carbons (Fsp3) is 0.233. The number of carbonyl (C=O) groups is 1. The zero-order chi connectivity index (χ0) is 25.1. The lowest BCUT2D eigenvalue weighted by Gasteiger charge is -2.36. The predicted molar refractivity (Wildman–Crippen MR) is 144 cm³/mol. The number of benzene rings is 3. The lowest BCUT2D eigenvalue weighted by molar-refractivity contribution is -0.126. The molecule has 1 aliphatic heterocycles. The molecule has 1 saturated heterocycles. The van der Waals surface area contributed by atoms with E-state index in [1.165, 1.54) is 0 Å². The van der Waals surface area contributed by atoms with Gasteiger partial charge in [-0.15, -0.1) is 0 Å². The van der Waals surface area contributed by atoms with Crippen LogP contribution in [0.15, 0.2) is 83.5 Å². The van der Waals surface area contributed by atoms with E-state index in [1.807, 2.05) is 54.3 Å². The minimum absolute atomic E-state index is 0.00445. The molecule has 0 unspecified atom stereocenters. The van der Waals surface area contributed by atoms with E-state index in [-0.39, 0.29) is 5.91 Å². The number of amides is 1. The number of hydrogen-bond donors (Lipinski definition) is 0. The molecule has 0 atom stereocenters. The number of anilines is 1. The van der Waals surface area contributed by atoms with E-state index in [4.69, 9.17) is 13.9 Å². The normalized spacial score (nSPS) is 14.2. The van der Waals surface area contributed by atoms with Gasteiger partial charge in [0, 0.05) is 54.8 Å². The molecular weight excluding hydrogens is 452 g/mol. The van der Waals surface area contributed by atoms with E-state index in [0.717, 1.165) is 57.8 Å². The second-order valence-corrected chi connectivity index (χ2v) is 8.88. The summed E-state index contributed by atoms with van der Waals surface area (Å²) >= 11 is 0. The fourth-order valence-electron chi connectivity index (χ4n) is 4.79. The molecule has 0 radical (unpaired) electrons. The van der Waals surface area contributed by atoms with Gasteiger partial charge in [-0.3, -0.25) is 4.79 Å². The van der Waals surface area contributed by atoms with Crippen molar-refractivity contribution >= 4 is 28.1 Å². The summed E-state index contributed by atoms with van der Waals surface area (Å²) in [5.74, 6) is 1.54. The van der Waals surface area contributed by atoms with Crippen molar-refractivity contribution in [2.75, 3.05) is 45.3 Å². The monoisotopic (exact) mass is 482 g/mol. The van der Waals surface area contributed by atoms with Crippen molar-refractivity contribution in [1.29, 1.82) is 0 Å². The van der Waals surface area contributed by atoms with Crippen LogP contribution in [0.4, 0.5) is 5.69 Å². The molecule has 2 heterocycles. The highest BCUT2D eigenvalue weighted by Crippen LogP contribution is 2.37. The average Bonchev–Trinajstić information content (AvgIpc) is 3.35. The maximum atomic E-state index is 13.2. The molecule has 36 heavy (non-hydrogen) atoms. The Morgan fingerprint density at radius 2 is 1.58 bits per heavy atom. The quantitative estimate of drug-likeness (QED) is 0.322. The molecule has 0 aliphatic carbocycles. The molecule has 1 amide bonds. The molecule has 6 nitrogen and oxygen atoms in total. The van der Waals surface area contributed by atoms with Gasteiger partial charge in [-0.25, -0.2) is 0 Å². The second kappa shape index (κ2) is 10.2. The molecule has 0 bridgehead atoms. The highest BCUT2D eigenvalue weighted by atomic mass is 16.5. The van der Waals surface area contributed by atoms with Gasteiger partial charge in [0.05, 0.1) is 26.2 Å². The summed E-state index contributed by atoms with van der Waals surface area (Å²) in [4.78, 5) is 17.4. The van der Waals surface area contributed by atoms with Crippen molar-refractivity contribution in [3.8, 4) is 22.6 Å². The minimum atomic E-state index is 0.00445. The Kier molecular flexibility index (Phi) is 6.67. The van der Waals surface area contributed by atoms with Gasteiger partial charge >= 0.3 is 0 Å². The smallest absolute Gasteiger partial charge is 0.246 e. The van der Waals surface area contributed by atoms with Crippen molar-refractivity contribution in [2.45, 2.75) is 6.92 Å². The van der Waals surface area contributed by atoms with E-state index in [1.54, 1.807) is 26.6 Å². The molecule has 3 aromatic carbocycles. The molecule has 1 aliphatic rings. The number of ether oxygens (including phenoxy) is 2. The van der Waals surface area contributed by atoms with Crippen molar-refractivity contribution in [2.24, 2.45) is 0 Å². The molecule has 1 aromatic heterocycles. The summed E-state index contributed by atoms with van der Waals surface area (Å²) in [5.41, 5.74) is 5.64. The average molecular weight is 483 g/mol. The van der Waals surface area contributed by atoms with Crippen LogP contribution in [0, 0.1) is 0 Å². The van der Waals surface area contributed by atoms with E-state index in [0.29, 0.717) is 18.8 Å². The van der Waals surface area contributed by atoms with Crippen LogP contribution in [-0.2, 0) is 4.79 Å². The summed E-state index contributed by atoms with van der Waals surface area (Å²) in [6.07, 6.45) is 3.49. The SMILES string of the molecule is COc1cc2occ(-c3ccccc3)c2cc1/C(C)=C/C(=O)N1CCN(c2ccccc2OC)CC1. The fourth-order valence-corrected chi connectivity index (χ4v) is 4.79. The van der Waals surface area contributed by atoms with Crippen LogP contribution in [0.3, 0.4) is 0 Å². The summed E-state index contributed by atoms with van der Waals surface area (Å²) in [7, 11) is 3.32. The summed E-state index contributed by atoms with van der Waals surface area (Å²) in [5, 5.41) is 0.989. The Bertz CT molecular complexity index is 1400. The van der Waals surface area contributed by atoms with Gasteiger partial charge in [0.1, 0.15) is 17.1 Å². The molecule has 184 valence electrons. The number of furan rings is 1. The van der Waals surface area contributed by atoms with E-state index in [2.05, 4.69) is 29.2 Å². The highest BCUT2D eigenvalue weighted by molar-refractivity contribution is 6.00. The van der Waals surface area contributed by atoms with Gasteiger partial charge in [0.2, 0.25) is 5.91 Å². The van der Waals surface area contributed by atoms with Crippen LogP contribution in [0.2, 0.25) is 0 Å². The van der Waals surface area contributed by atoms with Crippen LogP contribution in [0.1, 0.15) is 12.5 Å². The number of para-hydroxylation sites is 2. The molecule has 0 spiro atoms. The third-order valence-electron chi connectivity index (χ3n) is 6.76. The first kappa shape index (κ1) is 23.5. The van der Waals surface area contributed by atoms with Gasteiger partial charge in [-0.05, 0) is 36.3 Å². The Labute approximate surface area is 211 Å². The molecule has 5 rings (SSSR count). The zero-order valence-corrected chi connectivity index (χ0v) is 20.9. The minimum Gasteiger partial charge on any atom is -0.496 e. The van der Waals surface area contributed by atoms with Crippen LogP contribution < -0.4 is 14.4 Å². The van der Waals surface area contributed by atoms with Gasteiger partial charge in [0.15, 0.2) is 0 Å². The number of piperazine rings is 1. The Balaban J connectivity index is 1.37. The van der Waals surface area contributed by atoms with E-state index < -0.39 is 0 Å². The Morgan fingerprint density at radius 1 is 0.889 bits per heavy atom. The maximum absolute atomic E-state index is 13.2. The van der Waals surface area contributed by atoms with E-state index >= 15 is 0 Å². The lowest BCUT2D eigenvalue weighted by Crippen LogP contribution is -2.48. The molecule has 6 heteroatoms.